The number of aliphatic hydroxyl groups excluding tert-OH is 3. The van der Waals surface area contributed by atoms with Crippen molar-refractivity contribution in [2.75, 3.05) is 0 Å². The molecule has 1 aromatic carbocycles. The van der Waals surface area contributed by atoms with Crippen LogP contribution in [0.25, 0.3) is 0 Å². The molecule has 0 aromatic heterocycles. The van der Waals surface area contributed by atoms with Crippen molar-refractivity contribution >= 4 is 0 Å². The van der Waals surface area contributed by atoms with E-state index in [1.807, 2.05) is 0 Å². The first kappa shape index (κ1) is 12.0. The van der Waals surface area contributed by atoms with Gasteiger partial charge in [-0.1, -0.05) is 13.0 Å². The molecule has 0 aliphatic heterocycles. The van der Waals surface area contributed by atoms with Gasteiger partial charge in [-0.05, 0) is 24.1 Å². The van der Waals surface area contributed by atoms with Crippen LogP contribution in [0.5, 0.6) is 5.75 Å². The molecule has 0 radical (unpaired) electrons. The lowest BCUT2D eigenvalue weighted by Crippen LogP contribution is -2.17. The first-order chi connectivity index (χ1) is 7.10. The van der Waals surface area contributed by atoms with E-state index in [0.717, 1.165) is 0 Å². The Balaban J connectivity index is 2.95. The molecule has 1 aromatic rings. The predicted octanol–water partition coefficient (Wildman–Crippen LogP) is 0.689. The van der Waals surface area contributed by atoms with Crippen molar-refractivity contribution < 1.29 is 20.4 Å². The van der Waals surface area contributed by atoms with Crippen molar-refractivity contribution in [3.63, 3.8) is 0 Å². The summed E-state index contributed by atoms with van der Waals surface area (Å²) in [5, 5.41) is 37.3. The number of benzene rings is 1. The lowest BCUT2D eigenvalue weighted by atomic mass is 10.0. The van der Waals surface area contributed by atoms with Gasteiger partial charge < -0.3 is 20.4 Å². The second kappa shape index (κ2) is 5.11. The predicted molar refractivity (Wildman–Crippen MR) is 55.3 cm³/mol. The van der Waals surface area contributed by atoms with Gasteiger partial charge in [-0.2, -0.15) is 0 Å². The maximum atomic E-state index is 9.69. The highest BCUT2D eigenvalue weighted by Gasteiger charge is 2.17. The quantitative estimate of drug-likeness (QED) is 0.592. The van der Waals surface area contributed by atoms with Crippen LogP contribution >= 0.6 is 0 Å². The third-order valence-corrected chi connectivity index (χ3v) is 2.40. The van der Waals surface area contributed by atoms with Crippen LogP contribution < -0.4 is 0 Å². The minimum absolute atomic E-state index is 0.0144. The van der Waals surface area contributed by atoms with Crippen molar-refractivity contribution in [2.45, 2.75) is 32.2 Å². The first-order valence-electron chi connectivity index (χ1n) is 4.89. The summed E-state index contributed by atoms with van der Waals surface area (Å²) in [6.07, 6.45) is -1.38. The fourth-order valence-corrected chi connectivity index (χ4v) is 1.36. The largest absolute Gasteiger partial charge is 0.508 e. The van der Waals surface area contributed by atoms with Crippen LogP contribution in [0.3, 0.4) is 0 Å². The minimum atomic E-state index is -0.985. The van der Waals surface area contributed by atoms with Crippen LogP contribution in [-0.4, -0.2) is 26.5 Å². The van der Waals surface area contributed by atoms with E-state index in [1.165, 1.54) is 18.2 Å². The Morgan fingerprint density at radius 2 is 1.93 bits per heavy atom. The number of hydrogen-bond donors (Lipinski definition) is 4. The molecule has 0 fully saturated rings. The summed E-state index contributed by atoms with van der Waals surface area (Å²) >= 11 is 0. The molecule has 4 nitrogen and oxygen atoms in total. The van der Waals surface area contributed by atoms with Crippen LogP contribution in [0.2, 0.25) is 0 Å². The number of phenols is 1. The molecule has 2 unspecified atom stereocenters. The van der Waals surface area contributed by atoms with Gasteiger partial charge in [0.1, 0.15) is 11.9 Å². The maximum absolute atomic E-state index is 9.69. The molecule has 0 aliphatic carbocycles. The van der Waals surface area contributed by atoms with Gasteiger partial charge >= 0.3 is 0 Å². The molecule has 0 heterocycles. The zero-order valence-corrected chi connectivity index (χ0v) is 8.59. The van der Waals surface area contributed by atoms with Gasteiger partial charge in [0.05, 0.1) is 12.7 Å². The highest BCUT2D eigenvalue weighted by atomic mass is 16.3. The van der Waals surface area contributed by atoms with Gasteiger partial charge in [0.15, 0.2) is 0 Å². The van der Waals surface area contributed by atoms with E-state index in [2.05, 4.69) is 0 Å². The molecule has 2 atom stereocenters. The third kappa shape index (κ3) is 2.68. The average Bonchev–Trinajstić information content (AvgIpc) is 2.27. The summed E-state index contributed by atoms with van der Waals surface area (Å²) in [5.74, 6) is -0.0144. The molecule has 0 saturated heterocycles. The van der Waals surface area contributed by atoms with E-state index in [1.54, 1.807) is 6.92 Å². The minimum Gasteiger partial charge on any atom is -0.508 e. The summed E-state index contributed by atoms with van der Waals surface area (Å²) in [5.41, 5.74) is 0.834. The zero-order chi connectivity index (χ0) is 11.4. The zero-order valence-electron chi connectivity index (χ0n) is 8.59. The highest BCUT2D eigenvalue weighted by molar-refractivity contribution is 5.36. The molecule has 1 rings (SSSR count). The summed E-state index contributed by atoms with van der Waals surface area (Å²) in [6.45, 7) is 1.47. The van der Waals surface area contributed by atoms with E-state index >= 15 is 0 Å². The molecule has 4 heteroatoms. The lowest BCUT2D eigenvalue weighted by molar-refractivity contribution is 0.0163. The lowest BCUT2D eigenvalue weighted by Gasteiger charge is -2.17. The van der Waals surface area contributed by atoms with Crippen LogP contribution in [-0.2, 0) is 6.61 Å². The Hall–Kier alpha value is -1.10. The molecule has 0 aliphatic rings. The Kier molecular flexibility index (Phi) is 4.08. The average molecular weight is 212 g/mol. The van der Waals surface area contributed by atoms with Crippen LogP contribution in [0.1, 0.15) is 30.6 Å². The summed E-state index contributed by atoms with van der Waals surface area (Å²) in [4.78, 5) is 0. The Morgan fingerprint density at radius 1 is 1.27 bits per heavy atom. The van der Waals surface area contributed by atoms with Gasteiger partial charge in [0.2, 0.25) is 0 Å². The van der Waals surface area contributed by atoms with Crippen molar-refractivity contribution in [2.24, 2.45) is 0 Å². The topological polar surface area (TPSA) is 80.9 Å². The monoisotopic (exact) mass is 212 g/mol. The molecule has 84 valence electrons. The second-order valence-corrected chi connectivity index (χ2v) is 3.47. The van der Waals surface area contributed by atoms with Crippen molar-refractivity contribution in [3.05, 3.63) is 29.3 Å². The normalized spacial score (nSPS) is 14.9. The van der Waals surface area contributed by atoms with E-state index in [9.17, 15) is 15.3 Å². The fourth-order valence-electron chi connectivity index (χ4n) is 1.36. The smallest absolute Gasteiger partial charge is 0.121 e. The summed E-state index contributed by atoms with van der Waals surface area (Å²) in [6, 6.07) is 4.41. The number of aliphatic hydroxyl groups is 3. The van der Waals surface area contributed by atoms with Gasteiger partial charge in [-0.25, -0.2) is 0 Å². The van der Waals surface area contributed by atoms with Gasteiger partial charge in [0, 0.05) is 5.56 Å². The molecule has 0 bridgehead atoms. The molecule has 15 heavy (non-hydrogen) atoms. The third-order valence-electron chi connectivity index (χ3n) is 2.40. The molecule has 0 amide bonds. The number of aromatic hydroxyl groups is 1. The van der Waals surface area contributed by atoms with Crippen molar-refractivity contribution in [1.82, 2.24) is 0 Å². The number of hydrogen-bond acceptors (Lipinski definition) is 4. The Labute approximate surface area is 88.4 Å². The van der Waals surface area contributed by atoms with Crippen LogP contribution in [0.4, 0.5) is 0 Å². The molecular weight excluding hydrogens is 196 g/mol. The SMILES string of the molecule is CCC(O)C(O)c1ccc(O)c(CO)c1. The van der Waals surface area contributed by atoms with E-state index in [-0.39, 0.29) is 12.4 Å². The van der Waals surface area contributed by atoms with E-state index in [4.69, 9.17) is 5.11 Å². The molecule has 0 spiro atoms. The van der Waals surface area contributed by atoms with Gasteiger partial charge in [-0.15, -0.1) is 0 Å². The first-order valence-corrected chi connectivity index (χ1v) is 4.89. The summed E-state index contributed by atoms with van der Waals surface area (Å²) < 4.78 is 0. The van der Waals surface area contributed by atoms with Gasteiger partial charge in [-0.3, -0.25) is 0 Å². The maximum Gasteiger partial charge on any atom is 0.121 e. The van der Waals surface area contributed by atoms with E-state index in [0.29, 0.717) is 17.5 Å². The van der Waals surface area contributed by atoms with Crippen molar-refractivity contribution in [1.29, 1.82) is 0 Å². The molecular formula is C11H16O4. The fraction of sp³-hybridized carbons (Fsp3) is 0.455. The summed E-state index contributed by atoms with van der Waals surface area (Å²) in [7, 11) is 0. The van der Waals surface area contributed by atoms with Gasteiger partial charge in [0.25, 0.3) is 0 Å². The number of rotatable bonds is 4. The van der Waals surface area contributed by atoms with Crippen LogP contribution in [0.15, 0.2) is 18.2 Å². The second-order valence-electron chi connectivity index (χ2n) is 3.47. The molecule has 4 N–H and O–H groups in total. The van der Waals surface area contributed by atoms with E-state index < -0.39 is 12.2 Å². The molecule has 0 saturated carbocycles. The Bertz CT molecular complexity index is 324. The standard InChI is InChI=1S/C11H16O4/c1-2-9(13)11(15)7-3-4-10(14)8(5-7)6-12/h3-5,9,11-15H,2,6H2,1H3. The highest BCUT2D eigenvalue weighted by Crippen LogP contribution is 2.24. The van der Waals surface area contributed by atoms with Crippen molar-refractivity contribution in [3.8, 4) is 5.75 Å². The Morgan fingerprint density at radius 3 is 2.47 bits per heavy atom. The van der Waals surface area contributed by atoms with Crippen LogP contribution in [0, 0.1) is 0 Å².